The van der Waals surface area contributed by atoms with E-state index >= 15 is 0 Å². The summed E-state index contributed by atoms with van der Waals surface area (Å²) in [5, 5.41) is 15.4. The highest BCUT2D eigenvalue weighted by atomic mass is 16.5. The predicted octanol–water partition coefficient (Wildman–Crippen LogP) is 4.93. The molecule has 3 aromatic rings. The van der Waals surface area contributed by atoms with Crippen LogP contribution in [0.2, 0.25) is 0 Å². The molecule has 1 aromatic heterocycles. The van der Waals surface area contributed by atoms with Crippen LogP contribution in [-0.2, 0) is 0 Å². The molecule has 0 saturated heterocycles. The van der Waals surface area contributed by atoms with Crippen molar-refractivity contribution in [2.24, 2.45) is 0 Å². The molecule has 0 aliphatic carbocycles. The van der Waals surface area contributed by atoms with Crippen molar-refractivity contribution in [1.82, 2.24) is 9.97 Å². The Balaban J connectivity index is 1.73. The summed E-state index contributed by atoms with van der Waals surface area (Å²) in [6.45, 7) is 5.84. The van der Waals surface area contributed by atoms with Crippen LogP contribution in [-0.4, -0.2) is 16.1 Å². The fourth-order valence-electron chi connectivity index (χ4n) is 2.51. The zero-order valence-corrected chi connectivity index (χ0v) is 15.5. The minimum absolute atomic E-state index is 0.143. The third-order valence-electron chi connectivity index (χ3n) is 3.62. The van der Waals surface area contributed by atoms with Gasteiger partial charge in [0.15, 0.2) is 0 Å². The van der Waals surface area contributed by atoms with E-state index in [0.29, 0.717) is 23.0 Å². The Morgan fingerprint density at radius 1 is 0.889 bits per heavy atom. The molecule has 0 unspecified atom stereocenters. The van der Waals surface area contributed by atoms with Crippen LogP contribution in [0.1, 0.15) is 25.2 Å². The first-order valence-corrected chi connectivity index (χ1v) is 8.68. The number of anilines is 4. The van der Waals surface area contributed by atoms with Gasteiger partial charge in [-0.15, -0.1) is 0 Å². The number of nitrogens with zero attached hydrogens (tertiary/aromatic N) is 3. The van der Waals surface area contributed by atoms with E-state index in [1.54, 1.807) is 12.1 Å². The summed E-state index contributed by atoms with van der Waals surface area (Å²) in [6, 6.07) is 18.9. The first-order chi connectivity index (χ1) is 13.0. The van der Waals surface area contributed by atoms with Crippen LogP contribution in [0.3, 0.4) is 0 Å². The molecule has 0 atom stereocenters. The van der Waals surface area contributed by atoms with Crippen molar-refractivity contribution in [3.8, 4) is 11.8 Å². The Morgan fingerprint density at radius 2 is 1.41 bits per heavy atom. The molecule has 6 heteroatoms. The van der Waals surface area contributed by atoms with Gasteiger partial charge in [0.25, 0.3) is 0 Å². The standard InChI is InChI=1S/C21H21N5O/c1-14(2)27-19-10-8-18(9-11-19)26-21-12-20(23-15(3)24-21)25-17-6-4-16(13-22)5-7-17/h4-12,14H,1-3H3,(H2,23,24,25,26). The number of hydrogen-bond donors (Lipinski definition) is 2. The van der Waals surface area contributed by atoms with Crippen LogP contribution < -0.4 is 15.4 Å². The summed E-state index contributed by atoms with van der Waals surface area (Å²) in [5.74, 6) is 2.85. The quantitative estimate of drug-likeness (QED) is 0.649. The van der Waals surface area contributed by atoms with Crippen molar-refractivity contribution < 1.29 is 4.74 Å². The van der Waals surface area contributed by atoms with E-state index in [2.05, 4.69) is 26.7 Å². The van der Waals surface area contributed by atoms with Crippen LogP contribution in [0, 0.1) is 18.3 Å². The highest BCUT2D eigenvalue weighted by Gasteiger charge is 2.04. The molecule has 1 heterocycles. The summed E-state index contributed by atoms with van der Waals surface area (Å²) in [4.78, 5) is 8.85. The van der Waals surface area contributed by atoms with Crippen molar-refractivity contribution in [1.29, 1.82) is 5.26 Å². The van der Waals surface area contributed by atoms with E-state index in [9.17, 15) is 0 Å². The van der Waals surface area contributed by atoms with Gasteiger partial charge in [0.1, 0.15) is 23.2 Å². The maximum absolute atomic E-state index is 8.88. The maximum Gasteiger partial charge on any atom is 0.136 e. The fraction of sp³-hybridized carbons (Fsp3) is 0.190. The van der Waals surface area contributed by atoms with Crippen LogP contribution >= 0.6 is 0 Å². The molecular weight excluding hydrogens is 338 g/mol. The minimum atomic E-state index is 0.143. The maximum atomic E-state index is 8.88. The largest absolute Gasteiger partial charge is 0.491 e. The number of ether oxygens (including phenoxy) is 1. The Kier molecular flexibility index (Phi) is 5.53. The molecule has 2 aromatic carbocycles. The van der Waals surface area contributed by atoms with Gasteiger partial charge in [0, 0.05) is 17.4 Å². The molecule has 27 heavy (non-hydrogen) atoms. The van der Waals surface area contributed by atoms with Gasteiger partial charge < -0.3 is 15.4 Å². The lowest BCUT2D eigenvalue weighted by atomic mass is 10.2. The predicted molar refractivity (Wildman–Crippen MR) is 107 cm³/mol. The van der Waals surface area contributed by atoms with Gasteiger partial charge >= 0.3 is 0 Å². The summed E-state index contributed by atoms with van der Waals surface area (Å²) in [5.41, 5.74) is 2.38. The zero-order valence-electron chi connectivity index (χ0n) is 15.5. The van der Waals surface area contributed by atoms with Gasteiger partial charge in [-0.1, -0.05) is 0 Å². The molecule has 3 rings (SSSR count). The average Bonchev–Trinajstić information content (AvgIpc) is 2.63. The van der Waals surface area contributed by atoms with E-state index in [-0.39, 0.29) is 6.10 Å². The molecule has 2 N–H and O–H groups in total. The highest BCUT2D eigenvalue weighted by Crippen LogP contribution is 2.22. The van der Waals surface area contributed by atoms with E-state index in [1.807, 2.05) is 63.2 Å². The number of nitriles is 1. The van der Waals surface area contributed by atoms with E-state index < -0.39 is 0 Å². The molecule has 0 aliphatic heterocycles. The summed E-state index contributed by atoms with van der Waals surface area (Å²) >= 11 is 0. The third-order valence-corrected chi connectivity index (χ3v) is 3.62. The number of aromatic nitrogens is 2. The second kappa shape index (κ2) is 8.19. The lowest BCUT2D eigenvalue weighted by Gasteiger charge is -2.12. The number of rotatable bonds is 6. The lowest BCUT2D eigenvalue weighted by Crippen LogP contribution is -2.05. The van der Waals surface area contributed by atoms with Gasteiger partial charge in [-0.3, -0.25) is 0 Å². The minimum Gasteiger partial charge on any atom is -0.491 e. The van der Waals surface area contributed by atoms with E-state index in [0.717, 1.165) is 17.1 Å². The second-order valence-corrected chi connectivity index (χ2v) is 6.32. The number of aryl methyl sites for hydroxylation is 1. The first-order valence-electron chi connectivity index (χ1n) is 8.68. The monoisotopic (exact) mass is 359 g/mol. The molecule has 6 nitrogen and oxygen atoms in total. The molecule has 0 fully saturated rings. The zero-order chi connectivity index (χ0) is 19.2. The van der Waals surface area contributed by atoms with Crippen molar-refractivity contribution in [2.45, 2.75) is 26.9 Å². The highest BCUT2D eigenvalue weighted by molar-refractivity contribution is 5.64. The molecule has 0 radical (unpaired) electrons. The van der Waals surface area contributed by atoms with Gasteiger partial charge in [0.2, 0.25) is 0 Å². The van der Waals surface area contributed by atoms with E-state index in [1.165, 1.54) is 0 Å². The molecular formula is C21H21N5O. The van der Waals surface area contributed by atoms with Crippen LogP contribution in [0.4, 0.5) is 23.0 Å². The van der Waals surface area contributed by atoms with Gasteiger partial charge in [-0.2, -0.15) is 5.26 Å². The fourth-order valence-corrected chi connectivity index (χ4v) is 2.51. The topological polar surface area (TPSA) is 82.9 Å². The summed E-state index contributed by atoms with van der Waals surface area (Å²) in [6.07, 6.45) is 0.143. The SMILES string of the molecule is Cc1nc(Nc2ccc(C#N)cc2)cc(Nc2ccc(OC(C)C)cc2)n1. The number of nitrogens with one attached hydrogen (secondary N) is 2. The van der Waals surface area contributed by atoms with Crippen molar-refractivity contribution >= 4 is 23.0 Å². The van der Waals surface area contributed by atoms with E-state index in [4.69, 9.17) is 10.00 Å². The molecule has 0 bridgehead atoms. The Morgan fingerprint density at radius 3 is 1.89 bits per heavy atom. The van der Waals surface area contributed by atoms with Crippen LogP contribution in [0.15, 0.2) is 54.6 Å². The van der Waals surface area contributed by atoms with Crippen molar-refractivity contribution in [3.05, 3.63) is 66.0 Å². The Hall–Kier alpha value is -3.59. The average molecular weight is 359 g/mol. The van der Waals surface area contributed by atoms with Gasteiger partial charge in [0.05, 0.1) is 17.7 Å². The molecule has 0 saturated carbocycles. The Labute approximate surface area is 158 Å². The molecule has 0 spiro atoms. The van der Waals surface area contributed by atoms with Crippen LogP contribution in [0.25, 0.3) is 0 Å². The molecule has 0 amide bonds. The van der Waals surface area contributed by atoms with Gasteiger partial charge in [-0.25, -0.2) is 9.97 Å². The normalized spacial score (nSPS) is 10.3. The second-order valence-electron chi connectivity index (χ2n) is 6.32. The lowest BCUT2D eigenvalue weighted by molar-refractivity contribution is 0.242. The number of hydrogen-bond acceptors (Lipinski definition) is 6. The summed E-state index contributed by atoms with van der Waals surface area (Å²) < 4.78 is 5.66. The van der Waals surface area contributed by atoms with Crippen molar-refractivity contribution in [3.63, 3.8) is 0 Å². The summed E-state index contributed by atoms with van der Waals surface area (Å²) in [7, 11) is 0. The Bertz CT molecular complexity index is 944. The first kappa shape index (κ1) is 18.2. The molecule has 136 valence electrons. The van der Waals surface area contributed by atoms with Crippen LogP contribution in [0.5, 0.6) is 5.75 Å². The molecule has 0 aliphatic rings. The number of benzene rings is 2. The van der Waals surface area contributed by atoms with Crippen molar-refractivity contribution in [2.75, 3.05) is 10.6 Å². The third kappa shape index (κ3) is 5.19. The smallest absolute Gasteiger partial charge is 0.136 e. The van der Waals surface area contributed by atoms with Gasteiger partial charge in [-0.05, 0) is 69.3 Å².